The van der Waals surface area contributed by atoms with Gasteiger partial charge in [0, 0.05) is 6.61 Å². The molecule has 0 fully saturated rings. The summed E-state index contributed by atoms with van der Waals surface area (Å²) in [7, 11) is 0. The summed E-state index contributed by atoms with van der Waals surface area (Å²) in [5.41, 5.74) is 6.80. The number of hydrogen-bond acceptors (Lipinski definition) is 3. The Balaban J connectivity index is 2.40. The summed E-state index contributed by atoms with van der Waals surface area (Å²) in [6.07, 6.45) is 5.67. The number of dihydropyridines is 1. The van der Waals surface area contributed by atoms with E-state index >= 15 is 0 Å². The molecule has 0 spiro atoms. The van der Waals surface area contributed by atoms with Gasteiger partial charge in [-0.15, -0.1) is 0 Å². The number of rotatable bonds is 3. The SMILES string of the molecule is CCOCC1=CC=CNC1N. The Labute approximate surface area is 66.9 Å². The lowest BCUT2D eigenvalue weighted by Crippen LogP contribution is -2.38. The third-order valence-corrected chi connectivity index (χ3v) is 1.55. The summed E-state index contributed by atoms with van der Waals surface area (Å²) in [5.74, 6) is 0. The van der Waals surface area contributed by atoms with Crippen LogP contribution in [0.5, 0.6) is 0 Å². The van der Waals surface area contributed by atoms with Gasteiger partial charge in [-0.2, -0.15) is 0 Å². The van der Waals surface area contributed by atoms with Crippen LogP contribution in [0.4, 0.5) is 0 Å². The number of ether oxygens (including phenoxy) is 1. The van der Waals surface area contributed by atoms with Crippen molar-refractivity contribution < 1.29 is 4.74 Å². The average molecular weight is 154 g/mol. The van der Waals surface area contributed by atoms with Crippen molar-refractivity contribution in [1.29, 1.82) is 0 Å². The fraction of sp³-hybridized carbons (Fsp3) is 0.500. The monoisotopic (exact) mass is 154 g/mol. The van der Waals surface area contributed by atoms with Crippen LogP contribution < -0.4 is 11.1 Å². The number of hydrogen-bond donors (Lipinski definition) is 2. The molecule has 3 N–H and O–H groups in total. The zero-order valence-corrected chi connectivity index (χ0v) is 6.71. The van der Waals surface area contributed by atoms with E-state index in [0.717, 1.165) is 12.2 Å². The summed E-state index contributed by atoms with van der Waals surface area (Å²) >= 11 is 0. The molecular formula is C8H14N2O. The van der Waals surface area contributed by atoms with Gasteiger partial charge in [0.2, 0.25) is 0 Å². The molecule has 1 unspecified atom stereocenters. The van der Waals surface area contributed by atoms with Gasteiger partial charge in [0.05, 0.1) is 12.8 Å². The lowest BCUT2D eigenvalue weighted by molar-refractivity contribution is 0.166. The molecule has 0 bridgehead atoms. The lowest BCUT2D eigenvalue weighted by atomic mass is 10.2. The minimum atomic E-state index is -0.0773. The van der Waals surface area contributed by atoms with Crippen LogP contribution in [0, 0.1) is 0 Å². The Kier molecular flexibility index (Phi) is 3.14. The highest BCUT2D eigenvalue weighted by atomic mass is 16.5. The molecule has 1 aliphatic rings. The van der Waals surface area contributed by atoms with Crippen LogP contribution in [0.15, 0.2) is 23.9 Å². The van der Waals surface area contributed by atoms with Gasteiger partial charge in [-0.25, -0.2) is 0 Å². The molecule has 0 aromatic heterocycles. The van der Waals surface area contributed by atoms with Gasteiger partial charge >= 0.3 is 0 Å². The highest BCUT2D eigenvalue weighted by molar-refractivity contribution is 5.21. The second-order valence-corrected chi connectivity index (χ2v) is 2.38. The van der Waals surface area contributed by atoms with Crippen molar-refractivity contribution in [3.63, 3.8) is 0 Å². The van der Waals surface area contributed by atoms with Crippen molar-refractivity contribution in [1.82, 2.24) is 5.32 Å². The molecule has 1 rings (SSSR count). The molecule has 1 heterocycles. The Hall–Kier alpha value is -0.800. The highest BCUT2D eigenvalue weighted by Crippen LogP contribution is 2.02. The van der Waals surface area contributed by atoms with Gasteiger partial charge < -0.3 is 15.8 Å². The summed E-state index contributed by atoms with van der Waals surface area (Å²) in [6, 6.07) is 0. The van der Waals surface area contributed by atoms with E-state index in [4.69, 9.17) is 10.5 Å². The Morgan fingerprint density at radius 3 is 3.18 bits per heavy atom. The van der Waals surface area contributed by atoms with Gasteiger partial charge in [0.25, 0.3) is 0 Å². The maximum Gasteiger partial charge on any atom is 0.0986 e. The normalized spacial score (nSPS) is 22.7. The molecule has 3 nitrogen and oxygen atoms in total. The van der Waals surface area contributed by atoms with Gasteiger partial charge in [-0.3, -0.25) is 0 Å². The van der Waals surface area contributed by atoms with Gasteiger partial charge in [0.1, 0.15) is 0 Å². The Bertz CT molecular complexity index is 175. The summed E-state index contributed by atoms with van der Waals surface area (Å²) < 4.78 is 5.22. The van der Waals surface area contributed by atoms with Crippen LogP contribution in [-0.2, 0) is 4.74 Å². The van der Waals surface area contributed by atoms with Crippen molar-refractivity contribution in [3.05, 3.63) is 23.9 Å². The van der Waals surface area contributed by atoms with Crippen molar-refractivity contribution in [2.75, 3.05) is 13.2 Å². The first-order valence-corrected chi connectivity index (χ1v) is 3.79. The van der Waals surface area contributed by atoms with Crippen LogP contribution in [0.25, 0.3) is 0 Å². The molecule has 0 saturated carbocycles. The first-order chi connectivity index (χ1) is 5.34. The van der Waals surface area contributed by atoms with E-state index in [1.807, 2.05) is 25.3 Å². The van der Waals surface area contributed by atoms with Gasteiger partial charge in [0.15, 0.2) is 0 Å². The summed E-state index contributed by atoms with van der Waals surface area (Å²) in [5, 5.41) is 2.99. The smallest absolute Gasteiger partial charge is 0.0986 e. The second kappa shape index (κ2) is 4.16. The Morgan fingerprint density at radius 2 is 2.55 bits per heavy atom. The third-order valence-electron chi connectivity index (χ3n) is 1.55. The van der Waals surface area contributed by atoms with Crippen LogP contribution in [0.3, 0.4) is 0 Å². The van der Waals surface area contributed by atoms with Crippen LogP contribution in [-0.4, -0.2) is 19.4 Å². The first kappa shape index (κ1) is 8.30. The predicted molar refractivity (Wildman–Crippen MR) is 44.8 cm³/mol. The number of nitrogens with one attached hydrogen (secondary N) is 1. The van der Waals surface area contributed by atoms with Crippen molar-refractivity contribution in [2.45, 2.75) is 13.1 Å². The minimum absolute atomic E-state index is 0.0773. The molecule has 0 aliphatic carbocycles. The van der Waals surface area contributed by atoms with Crippen molar-refractivity contribution >= 4 is 0 Å². The van der Waals surface area contributed by atoms with E-state index in [2.05, 4.69) is 5.32 Å². The topological polar surface area (TPSA) is 47.3 Å². The van der Waals surface area contributed by atoms with Gasteiger partial charge in [-0.05, 0) is 24.8 Å². The zero-order chi connectivity index (χ0) is 8.10. The molecule has 0 aromatic rings. The second-order valence-electron chi connectivity index (χ2n) is 2.38. The molecule has 0 saturated heterocycles. The average Bonchev–Trinajstić information content (AvgIpc) is 2.03. The predicted octanol–water partition coefficient (Wildman–Crippen LogP) is 0.351. The third kappa shape index (κ3) is 2.37. The molecule has 0 aromatic carbocycles. The lowest BCUT2D eigenvalue weighted by Gasteiger charge is -2.18. The molecule has 11 heavy (non-hydrogen) atoms. The quantitative estimate of drug-likeness (QED) is 0.616. The van der Waals surface area contributed by atoms with Crippen molar-refractivity contribution in [3.8, 4) is 0 Å². The minimum Gasteiger partial charge on any atom is -0.377 e. The maximum atomic E-state index is 5.71. The van der Waals surface area contributed by atoms with Crippen LogP contribution in [0.1, 0.15) is 6.92 Å². The summed E-state index contributed by atoms with van der Waals surface area (Å²) in [6.45, 7) is 3.32. The van der Waals surface area contributed by atoms with Gasteiger partial charge in [-0.1, -0.05) is 6.08 Å². The highest BCUT2D eigenvalue weighted by Gasteiger charge is 2.08. The molecule has 62 valence electrons. The van der Waals surface area contributed by atoms with E-state index < -0.39 is 0 Å². The maximum absolute atomic E-state index is 5.71. The van der Waals surface area contributed by atoms with Crippen LogP contribution in [0.2, 0.25) is 0 Å². The van der Waals surface area contributed by atoms with E-state index in [1.165, 1.54) is 0 Å². The molecule has 0 radical (unpaired) electrons. The van der Waals surface area contributed by atoms with Crippen molar-refractivity contribution in [2.24, 2.45) is 5.73 Å². The summed E-state index contributed by atoms with van der Waals surface area (Å²) in [4.78, 5) is 0. The Morgan fingerprint density at radius 1 is 1.73 bits per heavy atom. The molecule has 1 aliphatic heterocycles. The zero-order valence-electron chi connectivity index (χ0n) is 6.71. The fourth-order valence-corrected chi connectivity index (χ4v) is 0.899. The van der Waals surface area contributed by atoms with E-state index in [-0.39, 0.29) is 6.17 Å². The molecule has 1 atom stereocenters. The fourth-order valence-electron chi connectivity index (χ4n) is 0.899. The number of allylic oxidation sites excluding steroid dienone is 2. The van der Waals surface area contributed by atoms with E-state index in [1.54, 1.807) is 0 Å². The van der Waals surface area contributed by atoms with Crippen LogP contribution >= 0.6 is 0 Å². The first-order valence-electron chi connectivity index (χ1n) is 3.79. The van der Waals surface area contributed by atoms with E-state index in [9.17, 15) is 0 Å². The largest absolute Gasteiger partial charge is 0.377 e. The van der Waals surface area contributed by atoms with E-state index in [0.29, 0.717) is 6.61 Å². The molecular weight excluding hydrogens is 140 g/mol. The standard InChI is InChI=1S/C8H14N2O/c1-2-11-6-7-4-3-5-10-8(7)9/h3-5,8,10H,2,6,9H2,1H3. The molecule has 3 heteroatoms. The number of nitrogens with two attached hydrogens (primary N) is 1. The molecule has 0 amide bonds.